The molecule has 0 N–H and O–H groups in total. The minimum atomic E-state index is -0.191. The number of rotatable bonds is 0. The summed E-state index contributed by atoms with van der Waals surface area (Å²) in [5, 5.41) is 0. The number of hydrogen-bond donors (Lipinski definition) is 0. The van der Waals surface area contributed by atoms with Gasteiger partial charge in [0.1, 0.15) is 5.60 Å². The van der Waals surface area contributed by atoms with Gasteiger partial charge in [0.15, 0.2) is 0 Å². The summed E-state index contributed by atoms with van der Waals surface area (Å²) in [7, 11) is 0. The van der Waals surface area contributed by atoms with Crippen LogP contribution < -0.4 is 0 Å². The van der Waals surface area contributed by atoms with Crippen molar-refractivity contribution >= 4 is 15.9 Å². The maximum Gasteiger partial charge on any atom is 0.117 e. The molecule has 2 atom stereocenters. The first kappa shape index (κ1) is 11.7. The normalized spacial score (nSPS) is 32.5. The Bertz CT molecular complexity index is 424. The van der Waals surface area contributed by atoms with Crippen LogP contribution in [-0.4, -0.2) is 19.8 Å². The number of hydrogen-bond acceptors (Lipinski definition) is 2. The average Bonchev–Trinajstić information content (AvgIpc) is 2.36. The van der Waals surface area contributed by atoms with Crippen molar-refractivity contribution < 1.29 is 9.47 Å². The molecule has 0 amide bonds. The van der Waals surface area contributed by atoms with Crippen LogP contribution in [0.3, 0.4) is 0 Å². The van der Waals surface area contributed by atoms with Gasteiger partial charge in [-0.2, -0.15) is 0 Å². The fourth-order valence-electron chi connectivity index (χ4n) is 2.98. The van der Waals surface area contributed by atoms with Gasteiger partial charge in [0, 0.05) is 17.0 Å². The Morgan fingerprint density at radius 3 is 3.06 bits per heavy atom. The predicted octanol–water partition coefficient (Wildman–Crippen LogP) is 3.59. The van der Waals surface area contributed by atoms with Gasteiger partial charge in [-0.3, -0.25) is 0 Å². The molecule has 2 unspecified atom stereocenters. The second-order valence-corrected chi connectivity index (χ2v) is 5.92. The molecule has 2 nitrogen and oxygen atoms in total. The van der Waals surface area contributed by atoms with E-state index in [2.05, 4.69) is 41.1 Å². The Hall–Kier alpha value is -0.380. The summed E-state index contributed by atoms with van der Waals surface area (Å²) in [4.78, 5) is 0. The van der Waals surface area contributed by atoms with Gasteiger partial charge in [-0.25, -0.2) is 0 Å². The van der Waals surface area contributed by atoms with Gasteiger partial charge >= 0.3 is 0 Å². The molecule has 2 heterocycles. The fraction of sp³-hybridized carbons (Fsp3) is 0.571. The highest BCUT2D eigenvalue weighted by molar-refractivity contribution is 9.10. The van der Waals surface area contributed by atoms with E-state index in [1.165, 1.54) is 15.6 Å². The fourth-order valence-corrected chi connectivity index (χ4v) is 3.73. The minimum absolute atomic E-state index is 0.191. The van der Waals surface area contributed by atoms with E-state index < -0.39 is 0 Å². The molecule has 17 heavy (non-hydrogen) atoms. The monoisotopic (exact) mass is 296 g/mol. The van der Waals surface area contributed by atoms with E-state index in [0.29, 0.717) is 12.5 Å². The van der Waals surface area contributed by atoms with Crippen molar-refractivity contribution in [2.75, 3.05) is 19.8 Å². The smallest absolute Gasteiger partial charge is 0.117 e. The summed E-state index contributed by atoms with van der Waals surface area (Å²) < 4.78 is 13.0. The summed E-state index contributed by atoms with van der Waals surface area (Å²) >= 11 is 3.68. The van der Waals surface area contributed by atoms with Gasteiger partial charge in [0.2, 0.25) is 0 Å². The lowest BCUT2D eigenvalue weighted by Crippen LogP contribution is -2.43. The van der Waals surface area contributed by atoms with Crippen molar-refractivity contribution in [2.24, 2.45) is 0 Å². The number of halogens is 1. The second kappa shape index (κ2) is 4.38. The molecule has 1 spiro atoms. The van der Waals surface area contributed by atoms with Crippen molar-refractivity contribution in [3.63, 3.8) is 0 Å². The molecule has 3 heteroatoms. The van der Waals surface area contributed by atoms with Crippen LogP contribution in [0.1, 0.15) is 36.8 Å². The van der Waals surface area contributed by atoms with Crippen molar-refractivity contribution in [3.05, 3.63) is 33.8 Å². The number of fused-ring (bicyclic) bond motifs is 2. The van der Waals surface area contributed by atoms with Gasteiger partial charge in [-0.15, -0.1) is 0 Å². The first-order valence-corrected chi connectivity index (χ1v) is 7.03. The Morgan fingerprint density at radius 1 is 1.41 bits per heavy atom. The maximum absolute atomic E-state index is 6.15. The average molecular weight is 297 g/mol. The molecule has 2 aliphatic rings. The van der Waals surface area contributed by atoms with Gasteiger partial charge in [0.05, 0.1) is 13.2 Å². The highest BCUT2D eigenvalue weighted by Crippen LogP contribution is 2.45. The van der Waals surface area contributed by atoms with Crippen LogP contribution in [0.25, 0.3) is 0 Å². The third-order valence-electron chi connectivity index (χ3n) is 3.85. The zero-order valence-electron chi connectivity index (χ0n) is 10.0. The maximum atomic E-state index is 6.15. The van der Waals surface area contributed by atoms with Crippen molar-refractivity contribution in [1.82, 2.24) is 0 Å². The Morgan fingerprint density at radius 2 is 2.29 bits per heavy atom. The van der Waals surface area contributed by atoms with Crippen molar-refractivity contribution in [3.8, 4) is 0 Å². The molecule has 1 saturated heterocycles. The molecule has 3 rings (SSSR count). The summed E-state index contributed by atoms with van der Waals surface area (Å²) in [6, 6.07) is 6.42. The molecular formula is C14H17BrO2. The molecule has 0 bridgehead atoms. The Balaban J connectivity index is 2.11. The minimum Gasteiger partial charge on any atom is -0.378 e. The van der Waals surface area contributed by atoms with Crippen LogP contribution >= 0.6 is 15.9 Å². The van der Waals surface area contributed by atoms with E-state index >= 15 is 0 Å². The van der Waals surface area contributed by atoms with Crippen molar-refractivity contribution in [1.29, 1.82) is 0 Å². The zero-order chi connectivity index (χ0) is 11.9. The number of benzene rings is 1. The Kier molecular flexibility index (Phi) is 3.01. The summed E-state index contributed by atoms with van der Waals surface area (Å²) in [5.41, 5.74) is 2.54. The molecule has 1 aromatic carbocycles. The standard InChI is InChI=1S/C14H17BrO2/c1-10-8-17-14(6-3-7-16-9-14)11-4-2-5-12(15)13(10)11/h2,4-5,10H,3,6-9H2,1H3. The SMILES string of the molecule is CC1COC2(CCCOC2)c2cccc(Br)c21. The van der Waals surface area contributed by atoms with Crippen LogP contribution in [0.5, 0.6) is 0 Å². The third-order valence-corrected chi connectivity index (χ3v) is 4.54. The largest absolute Gasteiger partial charge is 0.378 e. The zero-order valence-corrected chi connectivity index (χ0v) is 11.6. The highest BCUT2D eigenvalue weighted by atomic mass is 79.9. The molecule has 1 fully saturated rings. The molecule has 0 aliphatic carbocycles. The van der Waals surface area contributed by atoms with E-state index in [-0.39, 0.29) is 5.60 Å². The van der Waals surface area contributed by atoms with Crippen LogP contribution in [-0.2, 0) is 15.1 Å². The highest BCUT2D eigenvalue weighted by Gasteiger charge is 2.42. The first-order chi connectivity index (χ1) is 8.23. The summed E-state index contributed by atoms with van der Waals surface area (Å²) in [6.07, 6.45) is 2.16. The van der Waals surface area contributed by atoms with E-state index in [9.17, 15) is 0 Å². The van der Waals surface area contributed by atoms with E-state index in [4.69, 9.17) is 9.47 Å². The molecule has 0 aromatic heterocycles. The second-order valence-electron chi connectivity index (χ2n) is 5.06. The first-order valence-electron chi connectivity index (χ1n) is 6.23. The van der Waals surface area contributed by atoms with Crippen molar-refractivity contribution in [2.45, 2.75) is 31.3 Å². The molecule has 92 valence electrons. The molecule has 2 aliphatic heterocycles. The third kappa shape index (κ3) is 1.85. The molecule has 0 radical (unpaired) electrons. The lowest BCUT2D eigenvalue weighted by molar-refractivity contribution is -0.145. The predicted molar refractivity (Wildman–Crippen MR) is 70.2 cm³/mol. The van der Waals surface area contributed by atoms with Crippen LogP contribution in [0.2, 0.25) is 0 Å². The number of ether oxygens (including phenoxy) is 2. The van der Waals surface area contributed by atoms with Gasteiger partial charge < -0.3 is 9.47 Å². The van der Waals surface area contributed by atoms with Gasteiger partial charge in [0.25, 0.3) is 0 Å². The van der Waals surface area contributed by atoms with Gasteiger partial charge in [-0.05, 0) is 30.0 Å². The molecular weight excluding hydrogens is 280 g/mol. The van der Waals surface area contributed by atoms with Crippen LogP contribution in [0.4, 0.5) is 0 Å². The van der Waals surface area contributed by atoms with E-state index in [0.717, 1.165) is 26.1 Å². The Labute approximate surface area is 110 Å². The van der Waals surface area contributed by atoms with Gasteiger partial charge in [-0.1, -0.05) is 35.0 Å². The summed E-state index contributed by atoms with van der Waals surface area (Å²) in [5.74, 6) is 0.452. The van der Waals surface area contributed by atoms with Crippen LogP contribution in [0, 0.1) is 0 Å². The lowest BCUT2D eigenvalue weighted by Gasteiger charge is -2.43. The topological polar surface area (TPSA) is 18.5 Å². The van der Waals surface area contributed by atoms with E-state index in [1.807, 2.05) is 0 Å². The molecule has 0 saturated carbocycles. The van der Waals surface area contributed by atoms with Crippen LogP contribution in [0.15, 0.2) is 22.7 Å². The quantitative estimate of drug-likeness (QED) is 0.728. The lowest BCUT2D eigenvalue weighted by atomic mass is 9.79. The molecule has 1 aromatic rings. The summed E-state index contributed by atoms with van der Waals surface area (Å²) in [6.45, 7) is 4.58. The van der Waals surface area contributed by atoms with E-state index in [1.54, 1.807) is 0 Å².